The summed E-state index contributed by atoms with van der Waals surface area (Å²) >= 11 is 1.57. The lowest BCUT2D eigenvalue weighted by Crippen LogP contribution is -2.47. The monoisotopic (exact) mass is 300 g/mol. The molecule has 0 bridgehead atoms. The zero-order valence-electron chi connectivity index (χ0n) is 12.5. The van der Waals surface area contributed by atoms with Crippen LogP contribution in [0.4, 0.5) is 4.79 Å². The maximum absolute atomic E-state index is 11.6. The smallest absolute Gasteiger partial charge is 0.407 e. The van der Waals surface area contributed by atoms with Gasteiger partial charge in [0.15, 0.2) is 0 Å². The van der Waals surface area contributed by atoms with Crippen LogP contribution < -0.4 is 11.1 Å². The predicted molar refractivity (Wildman–Crippen MR) is 80.7 cm³/mol. The Morgan fingerprint density at radius 2 is 2.30 bits per heavy atom. The molecule has 20 heavy (non-hydrogen) atoms. The summed E-state index contributed by atoms with van der Waals surface area (Å²) < 4.78 is 5.20. The number of thiazole rings is 1. The minimum atomic E-state index is -0.491. The van der Waals surface area contributed by atoms with Crippen LogP contribution >= 0.6 is 11.3 Å². The SMILES string of the molecule is CN(Cc1cscn1)C(CN)CNC(=O)OC(C)(C)C. The molecule has 0 fully saturated rings. The molecule has 0 spiro atoms. The highest BCUT2D eigenvalue weighted by Crippen LogP contribution is 2.08. The average molecular weight is 300 g/mol. The Kier molecular flexibility index (Phi) is 6.38. The topological polar surface area (TPSA) is 80.5 Å². The molecule has 1 amide bonds. The minimum absolute atomic E-state index is 0.0456. The van der Waals surface area contributed by atoms with Gasteiger partial charge in [0.05, 0.1) is 11.2 Å². The van der Waals surface area contributed by atoms with Gasteiger partial charge in [-0.1, -0.05) is 0 Å². The Labute approximate surface area is 124 Å². The van der Waals surface area contributed by atoms with E-state index in [1.54, 1.807) is 16.8 Å². The molecule has 1 heterocycles. The third kappa shape index (κ3) is 6.31. The Morgan fingerprint density at radius 1 is 1.60 bits per heavy atom. The number of carbonyl (C=O) groups excluding carboxylic acids is 1. The van der Waals surface area contributed by atoms with Crippen molar-refractivity contribution < 1.29 is 9.53 Å². The van der Waals surface area contributed by atoms with Crippen LogP contribution in [0.1, 0.15) is 26.5 Å². The highest BCUT2D eigenvalue weighted by atomic mass is 32.1. The van der Waals surface area contributed by atoms with E-state index in [0.717, 1.165) is 5.69 Å². The van der Waals surface area contributed by atoms with Crippen LogP contribution in [0.3, 0.4) is 0 Å². The normalized spacial score (nSPS) is 13.3. The molecule has 0 aliphatic heterocycles. The molecule has 0 aromatic carbocycles. The first-order chi connectivity index (χ1) is 9.31. The van der Waals surface area contributed by atoms with Crippen molar-refractivity contribution in [2.75, 3.05) is 20.1 Å². The first-order valence-corrected chi connectivity index (χ1v) is 7.50. The third-order valence-corrected chi connectivity index (χ3v) is 3.31. The van der Waals surface area contributed by atoms with Gasteiger partial charge in [0.1, 0.15) is 5.60 Å². The summed E-state index contributed by atoms with van der Waals surface area (Å²) in [6, 6.07) is 0.0456. The van der Waals surface area contributed by atoms with E-state index in [4.69, 9.17) is 10.5 Å². The zero-order chi connectivity index (χ0) is 15.2. The number of nitrogens with one attached hydrogen (secondary N) is 1. The van der Waals surface area contributed by atoms with Crippen molar-refractivity contribution in [3.05, 3.63) is 16.6 Å². The molecule has 0 saturated carbocycles. The number of hydrogen-bond donors (Lipinski definition) is 2. The van der Waals surface area contributed by atoms with E-state index in [9.17, 15) is 4.79 Å². The second kappa shape index (κ2) is 7.56. The standard InChI is InChI=1S/C13H24N4O2S/c1-13(2,3)19-12(18)15-6-11(5-14)17(4)7-10-8-20-9-16-10/h8-9,11H,5-7,14H2,1-4H3,(H,15,18). The predicted octanol–water partition coefficient (Wildman–Crippen LogP) is 1.43. The van der Waals surface area contributed by atoms with Crippen molar-refractivity contribution in [1.29, 1.82) is 0 Å². The van der Waals surface area contributed by atoms with Gasteiger partial charge in [-0.2, -0.15) is 0 Å². The number of alkyl carbamates (subject to hydrolysis) is 1. The fourth-order valence-corrected chi connectivity index (χ4v) is 2.18. The summed E-state index contributed by atoms with van der Waals surface area (Å²) in [4.78, 5) is 17.9. The largest absolute Gasteiger partial charge is 0.444 e. The van der Waals surface area contributed by atoms with Crippen LogP contribution in [0.2, 0.25) is 0 Å². The van der Waals surface area contributed by atoms with Gasteiger partial charge in [-0.05, 0) is 27.8 Å². The second-order valence-electron chi connectivity index (χ2n) is 5.67. The fraction of sp³-hybridized carbons (Fsp3) is 0.692. The number of hydrogen-bond acceptors (Lipinski definition) is 6. The Hall–Kier alpha value is -1.18. The van der Waals surface area contributed by atoms with E-state index in [0.29, 0.717) is 19.6 Å². The Balaban J connectivity index is 2.40. The molecule has 1 rings (SSSR count). The maximum atomic E-state index is 11.6. The van der Waals surface area contributed by atoms with Gasteiger partial charge in [-0.3, -0.25) is 4.90 Å². The lowest BCUT2D eigenvalue weighted by Gasteiger charge is -2.27. The molecule has 3 N–H and O–H groups in total. The van der Waals surface area contributed by atoms with E-state index in [1.165, 1.54) is 0 Å². The second-order valence-corrected chi connectivity index (χ2v) is 6.39. The quantitative estimate of drug-likeness (QED) is 0.830. The van der Waals surface area contributed by atoms with Crippen LogP contribution in [-0.2, 0) is 11.3 Å². The van der Waals surface area contributed by atoms with Gasteiger partial charge in [-0.15, -0.1) is 11.3 Å². The lowest BCUT2D eigenvalue weighted by molar-refractivity contribution is 0.0511. The van der Waals surface area contributed by atoms with E-state index in [-0.39, 0.29) is 6.04 Å². The molecule has 0 saturated heterocycles. The zero-order valence-corrected chi connectivity index (χ0v) is 13.4. The fourth-order valence-electron chi connectivity index (χ4n) is 1.63. The number of amides is 1. The Bertz CT molecular complexity index is 403. The van der Waals surface area contributed by atoms with Crippen molar-refractivity contribution in [3.63, 3.8) is 0 Å². The van der Waals surface area contributed by atoms with Crippen LogP contribution in [0, 0.1) is 0 Å². The molecule has 0 aliphatic carbocycles. The van der Waals surface area contributed by atoms with E-state index in [1.807, 2.05) is 33.2 Å². The van der Waals surface area contributed by atoms with Gasteiger partial charge < -0.3 is 15.8 Å². The van der Waals surface area contributed by atoms with Gasteiger partial charge >= 0.3 is 6.09 Å². The van der Waals surface area contributed by atoms with Gasteiger partial charge in [0.25, 0.3) is 0 Å². The minimum Gasteiger partial charge on any atom is -0.444 e. The number of carbonyl (C=O) groups is 1. The lowest BCUT2D eigenvalue weighted by atomic mass is 10.2. The Morgan fingerprint density at radius 3 is 2.80 bits per heavy atom. The van der Waals surface area contributed by atoms with Crippen molar-refractivity contribution >= 4 is 17.4 Å². The summed E-state index contributed by atoms with van der Waals surface area (Å²) in [5, 5.41) is 4.76. The summed E-state index contributed by atoms with van der Waals surface area (Å²) in [5.74, 6) is 0. The van der Waals surface area contributed by atoms with Crippen LogP contribution in [-0.4, -0.2) is 47.8 Å². The first-order valence-electron chi connectivity index (χ1n) is 6.56. The first kappa shape index (κ1) is 16.9. The average Bonchev–Trinajstić information content (AvgIpc) is 2.80. The molecule has 1 aromatic rings. The number of rotatable bonds is 6. The van der Waals surface area contributed by atoms with Crippen molar-refractivity contribution in [1.82, 2.24) is 15.2 Å². The molecule has 1 atom stereocenters. The van der Waals surface area contributed by atoms with Crippen molar-refractivity contribution in [3.8, 4) is 0 Å². The highest BCUT2D eigenvalue weighted by molar-refractivity contribution is 7.07. The molecule has 1 aromatic heterocycles. The van der Waals surface area contributed by atoms with Crippen molar-refractivity contribution in [2.24, 2.45) is 5.73 Å². The summed E-state index contributed by atoms with van der Waals surface area (Å²) in [6.45, 7) is 7.12. The molecule has 7 heteroatoms. The summed E-state index contributed by atoms with van der Waals surface area (Å²) in [7, 11) is 1.97. The van der Waals surface area contributed by atoms with E-state index < -0.39 is 11.7 Å². The number of ether oxygens (including phenoxy) is 1. The van der Waals surface area contributed by atoms with Gasteiger partial charge in [0, 0.05) is 31.1 Å². The maximum Gasteiger partial charge on any atom is 0.407 e. The van der Waals surface area contributed by atoms with Gasteiger partial charge in [-0.25, -0.2) is 9.78 Å². The van der Waals surface area contributed by atoms with E-state index >= 15 is 0 Å². The molecule has 0 radical (unpaired) electrons. The molecule has 1 unspecified atom stereocenters. The molecular formula is C13H24N4O2S. The molecule has 114 valence electrons. The number of likely N-dealkylation sites (N-methyl/N-ethyl adjacent to an activating group) is 1. The number of nitrogens with two attached hydrogens (primary N) is 1. The molecule has 6 nitrogen and oxygen atoms in total. The van der Waals surface area contributed by atoms with Crippen molar-refractivity contribution in [2.45, 2.75) is 39.0 Å². The third-order valence-electron chi connectivity index (χ3n) is 2.67. The van der Waals surface area contributed by atoms with Crippen LogP contribution in [0.5, 0.6) is 0 Å². The molecular weight excluding hydrogens is 276 g/mol. The van der Waals surface area contributed by atoms with Crippen LogP contribution in [0.25, 0.3) is 0 Å². The summed E-state index contributed by atoms with van der Waals surface area (Å²) in [5.41, 5.74) is 8.09. The molecule has 0 aliphatic rings. The van der Waals surface area contributed by atoms with Gasteiger partial charge in [0.2, 0.25) is 0 Å². The van der Waals surface area contributed by atoms with Crippen LogP contribution in [0.15, 0.2) is 10.9 Å². The number of aromatic nitrogens is 1. The summed E-state index contributed by atoms with van der Waals surface area (Å²) in [6.07, 6.45) is -0.419. The highest BCUT2D eigenvalue weighted by Gasteiger charge is 2.19. The van der Waals surface area contributed by atoms with E-state index in [2.05, 4.69) is 15.2 Å². The number of nitrogens with zero attached hydrogens (tertiary/aromatic N) is 2.